The summed E-state index contributed by atoms with van der Waals surface area (Å²) < 4.78 is 0. The quantitative estimate of drug-likeness (QED) is 0.751. The Labute approximate surface area is 89.8 Å². The van der Waals surface area contributed by atoms with Crippen LogP contribution in [0.5, 0.6) is 0 Å². The molecule has 1 aliphatic rings. The third-order valence-electron chi connectivity index (χ3n) is 2.98. The monoisotopic (exact) mass is 207 g/mol. The number of likely N-dealkylation sites (N-methyl/N-ethyl adjacent to an activating group) is 1. The standard InChI is InChI=1S/C12H17NS/c1-3-11(13-2)10-8-14-12-7-5-4-6-9(10)12/h3,8,11,13H,1,4-7H2,2H3. The summed E-state index contributed by atoms with van der Waals surface area (Å²) in [6.07, 6.45) is 7.26. The first-order valence-corrected chi connectivity index (χ1v) is 6.13. The van der Waals surface area contributed by atoms with Crippen molar-refractivity contribution < 1.29 is 0 Å². The topological polar surface area (TPSA) is 12.0 Å². The van der Waals surface area contributed by atoms with Crippen molar-refractivity contribution in [1.29, 1.82) is 0 Å². The highest BCUT2D eigenvalue weighted by atomic mass is 32.1. The summed E-state index contributed by atoms with van der Waals surface area (Å²) in [6.45, 7) is 3.88. The van der Waals surface area contributed by atoms with Crippen LogP contribution in [0.2, 0.25) is 0 Å². The van der Waals surface area contributed by atoms with Gasteiger partial charge in [0.05, 0.1) is 6.04 Å². The molecule has 2 rings (SSSR count). The zero-order valence-electron chi connectivity index (χ0n) is 8.68. The lowest BCUT2D eigenvalue weighted by Gasteiger charge is -2.16. The van der Waals surface area contributed by atoms with Crippen LogP contribution in [0.1, 0.15) is 34.9 Å². The first kappa shape index (κ1) is 9.94. The Bertz CT molecular complexity index is 327. The second kappa shape index (κ2) is 4.28. The van der Waals surface area contributed by atoms with Gasteiger partial charge in [-0.25, -0.2) is 0 Å². The van der Waals surface area contributed by atoms with Crippen LogP contribution in [0, 0.1) is 0 Å². The Hall–Kier alpha value is -0.600. The van der Waals surface area contributed by atoms with E-state index in [2.05, 4.69) is 17.3 Å². The lowest BCUT2D eigenvalue weighted by Crippen LogP contribution is -2.15. The van der Waals surface area contributed by atoms with E-state index in [1.165, 1.54) is 31.2 Å². The molecule has 0 saturated carbocycles. The van der Waals surface area contributed by atoms with Gasteiger partial charge >= 0.3 is 0 Å². The average Bonchev–Trinajstić information content (AvgIpc) is 2.65. The van der Waals surface area contributed by atoms with Crippen LogP contribution in [0.3, 0.4) is 0 Å². The lowest BCUT2D eigenvalue weighted by molar-refractivity contribution is 0.663. The fourth-order valence-electron chi connectivity index (χ4n) is 2.18. The molecule has 1 heterocycles. The first-order valence-electron chi connectivity index (χ1n) is 5.25. The SMILES string of the molecule is C=CC(NC)c1csc2c1CCCC2. The fourth-order valence-corrected chi connectivity index (χ4v) is 3.36. The van der Waals surface area contributed by atoms with Gasteiger partial charge < -0.3 is 5.32 Å². The van der Waals surface area contributed by atoms with Crippen LogP contribution in [-0.2, 0) is 12.8 Å². The van der Waals surface area contributed by atoms with E-state index in [0.29, 0.717) is 6.04 Å². The molecule has 2 heteroatoms. The predicted molar refractivity (Wildman–Crippen MR) is 63.0 cm³/mol. The van der Waals surface area contributed by atoms with Crippen molar-refractivity contribution in [2.75, 3.05) is 7.05 Å². The third-order valence-corrected chi connectivity index (χ3v) is 4.08. The molecule has 76 valence electrons. The van der Waals surface area contributed by atoms with Gasteiger partial charge in [0, 0.05) is 4.88 Å². The molecular formula is C12H17NS. The zero-order chi connectivity index (χ0) is 9.97. The molecule has 1 atom stereocenters. The van der Waals surface area contributed by atoms with Gasteiger partial charge in [-0.3, -0.25) is 0 Å². The summed E-state index contributed by atoms with van der Waals surface area (Å²) in [7, 11) is 2.00. The molecule has 14 heavy (non-hydrogen) atoms. The molecule has 0 aromatic carbocycles. The van der Waals surface area contributed by atoms with E-state index in [0.717, 1.165) is 0 Å². The molecule has 1 unspecified atom stereocenters. The van der Waals surface area contributed by atoms with Gasteiger partial charge in [-0.15, -0.1) is 17.9 Å². The largest absolute Gasteiger partial charge is 0.310 e. The second-order valence-electron chi connectivity index (χ2n) is 3.80. The van der Waals surface area contributed by atoms with E-state index in [1.54, 1.807) is 10.4 Å². The number of hydrogen-bond acceptors (Lipinski definition) is 2. The van der Waals surface area contributed by atoms with Gasteiger partial charge in [0.2, 0.25) is 0 Å². The maximum atomic E-state index is 3.88. The van der Waals surface area contributed by atoms with Crippen LogP contribution in [0.15, 0.2) is 18.0 Å². The van der Waals surface area contributed by atoms with Crippen molar-refractivity contribution in [3.8, 4) is 0 Å². The molecule has 0 radical (unpaired) electrons. The molecule has 0 saturated heterocycles. The zero-order valence-corrected chi connectivity index (χ0v) is 9.49. The van der Waals surface area contributed by atoms with Crippen molar-refractivity contribution >= 4 is 11.3 Å². The van der Waals surface area contributed by atoms with Gasteiger partial charge in [-0.05, 0) is 49.2 Å². The fraction of sp³-hybridized carbons (Fsp3) is 0.500. The van der Waals surface area contributed by atoms with E-state index in [9.17, 15) is 0 Å². The summed E-state index contributed by atoms with van der Waals surface area (Å²) in [6, 6.07) is 0.341. The van der Waals surface area contributed by atoms with E-state index in [1.807, 2.05) is 24.5 Å². The van der Waals surface area contributed by atoms with Crippen LogP contribution in [0.25, 0.3) is 0 Å². The van der Waals surface area contributed by atoms with Gasteiger partial charge in [-0.1, -0.05) is 6.08 Å². The van der Waals surface area contributed by atoms with Crippen molar-refractivity contribution in [3.63, 3.8) is 0 Å². The number of fused-ring (bicyclic) bond motifs is 1. The molecule has 1 nitrogen and oxygen atoms in total. The predicted octanol–water partition coefficient (Wildman–Crippen LogP) is 3.07. The summed E-state index contributed by atoms with van der Waals surface area (Å²) >= 11 is 1.92. The summed E-state index contributed by atoms with van der Waals surface area (Å²) in [5.74, 6) is 0. The van der Waals surface area contributed by atoms with Crippen molar-refractivity contribution in [2.24, 2.45) is 0 Å². The van der Waals surface area contributed by atoms with E-state index in [-0.39, 0.29) is 0 Å². The molecule has 0 aliphatic heterocycles. The first-order chi connectivity index (χ1) is 6.86. The molecular weight excluding hydrogens is 190 g/mol. The molecule has 0 amide bonds. The normalized spacial score (nSPS) is 17.5. The smallest absolute Gasteiger partial charge is 0.0512 e. The minimum atomic E-state index is 0.341. The minimum absolute atomic E-state index is 0.341. The maximum absolute atomic E-state index is 3.88. The second-order valence-corrected chi connectivity index (χ2v) is 4.77. The van der Waals surface area contributed by atoms with Crippen molar-refractivity contribution in [1.82, 2.24) is 5.32 Å². The average molecular weight is 207 g/mol. The van der Waals surface area contributed by atoms with Crippen LogP contribution in [-0.4, -0.2) is 7.05 Å². The van der Waals surface area contributed by atoms with Gasteiger partial charge in [0.15, 0.2) is 0 Å². The van der Waals surface area contributed by atoms with Crippen LogP contribution < -0.4 is 5.32 Å². The summed E-state index contributed by atoms with van der Waals surface area (Å²) in [4.78, 5) is 1.60. The Kier molecular flexibility index (Phi) is 3.04. The molecule has 0 fully saturated rings. The van der Waals surface area contributed by atoms with E-state index >= 15 is 0 Å². The Morgan fingerprint density at radius 1 is 1.50 bits per heavy atom. The highest BCUT2D eigenvalue weighted by molar-refractivity contribution is 7.10. The number of nitrogens with one attached hydrogen (secondary N) is 1. The van der Waals surface area contributed by atoms with Crippen LogP contribution in [0.4, 0.5) is 0 Å². The lowest BCUT2D eigenvalue weighted by atomic mass is 9.93. The van der Waals surface area contributed by atoms with E-state index < -0.39 is 0 Å². The molecule has 1 aliphatic carbocycles. The van der Waals surface area contributed by atoms with Gasteiger partial charge in [0.25, 0.3) is 0 Å². The number of hydrogen-bond donors (Lipinski definition) is 1. The Morgan fingerprint density at radius 3 is 3.00 bits per heavy atom. The number of rotatable bonds is 3. The minimum Gasteiger partial charge on any atom is -0.310 e. The highest BCUT2D eigenvalue weighted by Crippen LogP contribution is 2.33. The Morgan fingerprint density at radius 2 is 2.29 bits per heavy atom. The molecule has 1 N–H and O–H groups in total. The van der Waals surface area contributed by atoms with Gasteiger partial charge in [-0.2, -0.15) is 0 Å². The molecule has 0 bridgehead atoms. The van der Waals surface area contributed by atoms with Gasteiger partial charge in [0.1, 0.15) is 0 Å². The van der Waals surface area contributed by atoms with Crippen LogP contribution >= 0.6 is 11.3 Å². The number of aryl methyl sites for hydroxylation is 1. The molecule has 0 spiro atoms. The molecule has 1 aromatic heterocycles. The Balaban J connectivity index is 2.33. The number of thiophene rings is 1. The maximum Gasteiger partial charge on any atom is 0.0512 e. The summed E-state index contributed by atoms with van der Waals surface area (Å²) in [5.41, 5.74) is 3.06. The third kappa shape index (κ3) is 1.64. The highest BCUT2D eigenvalue weighted by Gasteiger charge is 2.18. The van der Waals surface area contributed by atoms with Crippen molar-refractivity contribution in [2.45, 2.75) is 31.7 Å². The van der Waals surface area contributed by atoms with Crippen molar-refractivity contribution in [3.05, 3.63) is 34.0 Å². The summed E-state index contributed by atoms with van der Waals surface area (Å²) in [5, 5.41) is 5.60. The molecule has 1 aromatic rings. The van der Waals surface area contributed by atoms with E-state index in [4.69, 9.17) is 0 Å².